The SMILES string of the molecule is CC1([C@H](O)CCCCO)OC[C@@H]2C(=O)N(c3ccc([N+](=O)[O-])c4ccccc34)C(=O)[C@@H]21. The predicted octanol–water partition coefficient (Wildman–Crippen LogP) is 2.17. The Morgan fingerprint density at radius 1 is 1.19 bits per heavy atom. The first kappa shape index (κ1) is 21.4. The summed E-state index contributed by atoms with van der Waals surface area (Å²) in [5.41, 5.74) is -1.04. The number of carbonyl (C=O) groups is 2. The second kappa shape index (κ2) is 7.99. The number of anilines is 1. The Balaban J connectivity index is 1.72. The van der Waals surface area contributed by atoms with E-state index in [1.54, 1.807) is 31.2 Å². The molecule has 2 N–H and O–H groups in total. The van der Waals surface area contributed by atoms with Crippen LogP contribution < -0.4 is 4.90 Å². The Morgan fingerprint density at radius 2 is 1.90 bits per heavy atom. The fraction of sp³-hybridized carbons (Fsp3) is 0.455. The molecule has 2 aromatic rings. The summed E-state index contributed by atoms with van der Waals surface area (Å²) in [6.45, 7) is 1.67. The van der Waals surface area contributed by atoms with Gasteiger partial charge in [0.05, 0.1) is 40.5 Å². The average molecular weight is 428 g/mol. The van der Waals surface area contributed by atoms with Gasteiger partial charge in [-0.1, -0.05) is 18.2 Å². The third-order valence-corrected chi connectivity index (χ3v) is 6.48. The van der Waals surface area contributed by atoms with Crippen LogP contribution in [-0.2, 0) is 14.3 Å². The lowest BCUT2D eigenvalue weighted by molar-refractivity contribution is -0.383. The molecule has 2 amide bonds. The van der Waals surface area contributed by atoms with Crippen LogP contribution in [0.25, 0.3) is 10.8 Å². The zero-order valence-corrected chi connectivity index (χ0v) is 17.1. The number of rotatable bonds is 7. The highest BCUT2D eigenvalue weighted by Gasteiger charge is 2.63. The second-order valence-electron chi connectivity index (χ2n) is 8.23. The summed E-state index contributed by atoms with van der Waals surface area (Å²) >= 11 is 0. The van der Waals surface area contributed by atoms with E-state index in [1.807, 2.05) is 0 Å². The van der Waals surface area contributed by atoms with Crippen LogP contribution >= 0.6 is 0 Å². The maximum atomic E-state index is 13.5. The van der Waals surface area contributed by atoms with Gasteiger partial charge in [0.25, 0.3) is 5.69 Å². The number of ether oxygens (including phenoxy) is 1. The number of aliphatic hydroxyl groups excluding tert-OH is 2. The maximum absolute atomic E-state index is 13.5. The molecule has 31 heavy (non-hydrogen) atoms. The monoisotopic (exact) mass is 428 g/mol. The van der Waals surface area contributed by atoms with Crippen molar-refractivity contribution in [3.8, 4) is 0 Å². The highest BCUT2D eigenvalue weighted by Crippen LogP contribution is 2.48. The Labute approximate surface area is 178 Å². The zero-order chi connectivity index (χ0) is 22.3. The number of carbonyl (C=O) groups excluding carboxylic acids is 2. The molecule has 2 aromatic carbocycles. The van der Waals surface area contributed by atoms with Crippen LogP contribution in [0.4, 0.5) is 11.4 Å². The van der Waals surface area contributed by atoms with Crippen LogP contribution in [-0.4, -0.2) is 51.9 Å². The third-order valence-electron chi connectivity index (χ3n) is 6.48. The molecule has 9 nitrogen and oxygen atoms in total. The van der Waals surface area contributed by atoms with E-state index in [4.69, 9.17) is 9.84 Å². The second-order valence-corrected chi connectivity index (χ2v) is 8.23. The lowest BCUT2D eigenvalue weighted by atomic mass is 9.79. The van der Waals surface area contributed by atoms with Crippen molar-refractivity contribution in [3.63, 3.8) is 0 Å². The summed E-state index contributed by atoms with van der Waals surface area (Å²) in [4.78, 5) is 38.6. The molecule has 0 aliphatic carbocycles. The number of benzene rings is 2. The van der Waals surface area contributed by atoms with Crippen molar-refractivity contribution in [2.45, 2.75) is 37.9 Å². The molecule has 2 heterocycles. The number of fused-ring (bicyclic) bond motifs is 2. The molecule has 9 heteroatoms. The standard InChI is InChI=1S/C22H24N2O7/c1-22(18(26)8-4-5-11-25)19-15(12-31-22)20(27)23(21(19)28)16-9-10-17(24(29)30)14-7-3-2-6-13(14)16/h2-3,6-7,9-10,15,18-19,25-26H,4-5,8,11-12H2,1H3/t15-,18+,19+,22?/m0/s1. The number of aliphatic hydroxyl groups is 2. The van der Waals surface area contributed by atoms with E-state index in [2.05, 4.69) is 0 Å². The van der Waals surface area contributed by atoms with Crippen molar-refractivity contribution in [2.75, 3.05) is 18.1 Å². The number of unbranched alkanes of at least 4 members (excludes halogenated alkanes) is 1. The zero-order valence-electron chi connectivity index (χ0n) is 17.1. The predicted molar refractivity (Wildman–Crippen MR) is 111 cm³/mol. The maximum Gasteiger partial charge on any atom is 0.277 e. The summed E-state index contributed by atoms with van der Waals surface area (Å²) in [7, 11) is 0. The van der Waals surface area contributed by atoms with Gasteiger partial charge < -0.3 is 14.9 Å². The summed E-state index contributed by atoms with van der Waals surface area (Å²) in [5.74, 6) is -2.48. The number of nitrogens with zero attached hydrogens (tertiary/aromatic N) is 2. The Bertz CT molecular complexity index is 1060. The Morgan fingerprint density at radius 3 is 2.58 bits per heavy atom. The van der Waals surface area contributed by atoms with E-state index >= 15 is 0 Å². The van der Waals surface area contributed by atoms with Gasteiger partial charge in [-0.15, -0.1) is 0 Å². The molecule has 0 aromatic heterocycles. The number of non-ortho nitro benzene ring substituents is 1. The molecule has 2 fully saturated rings. The summed E-state index contributed by atoms with van der Waals surface area (Å²) in [6, 6.07) is 9.31. The highest BCUT2D eigenvalue weighted by atomic mass is 16.6. The van der Waals surface area contributed by atoms with Gasteiger partial charge >= 0.3 is 0 Å². The van der Waals surface area contributed by atoms with Crippen molar-refractivity contribution in [1.82, 2.24) is 0 Å². The van der Waals surface area contributed by atoms with Gasteiger partial charge in [-0.05, 0) is 38.3 Å². The van der Waals surface area contributed by atoms with Gasteiger partial charge in [0, 0.05) is 18.1 Å². The minimum Gasteiger partial charge on any atom is -0.396 e. The molecule has 4 rings (SSSR count). The molecule has 0 bridgehead atoms. The first-order valence-corrected chi connectivity index (χ1v) is 10.3. The first-order chi connectivity index (χ1) is 14.8. The van der Waals surface area contributed by atoms with E-state index in [0.29, 0.717) is 35.7 Å². The number of hydrogen-bond acceptors (Lipinski definition) is 7. The molecular weight excluding hydrogens is 404 g/mol. The fourth-order valence-corrected chi connectivity index (χ4v) is 4.80. The quantitative estimate of drug-likeness (QED) is 0.299. The average Bonchev–Trinajstić information content (AvgIpc) is 3.24. The van der Waals surface area contributed by atoms with E-state index in [-0.39, 0.29) is 18.9 Å². The van der Waals surface area contributed by atoms with E-state index in [9.17, 15) is 24.8 Å². The number of nitro groups is 1. The molecule has 2 aliphatic rings. The number of amides is 2. The summed E-state index contributed by atoms with van der Waals surface area (Å²) < 4.78 is 5.79. The first-order valence-electron chi connectivity index (χ1n) is 10.3. The fourth-order valence-electron chi connectivity index (χ4n) is 4.80. The minimum atomic E-state index is -1.22. The molecule has 2 saturated heterocycles. The third kappa shape index (κ3) is 3.29. The molecule has 0 saturated carbocycles. The van der Waals surface area contributed by atoms with Crippen LogP contribution in [0.3, 0.4) is 0 Å². The summed E-state index contributed by atoms with van der Waals surface area (Å²) in [6.07, 6.45) is 0.448. The highest BCUT2D eigenvalue weighted by molar-refractivity contribution is 6.26. The molecule has 1 unspecified atom stereocenters. The van der Waals surface area contributed by atoms with Crippen LogP contribution in [0.2, 0.25) is 0 Å². The Kier molecular flexibility index (Phi) is 5.50. The normalized spacial score (nSPS) is 26.5. The van der Waals surface area contributed by atoms with Crippen molar-refractivity contribution in [2.24, 2.45) is 11.8 Å². The van der Waals surface area contributed by atoms with E-state index in [1.165, 1.54) is 12.1 Å². The van der Waals surface area contributed by atoms with Gasteiger partial charge in [-0.2, -0.15) is 0 Å². The largest absolute Gasteiger partial charge is 0.396 e. The molecule has 2 aliphatic heterocycles. The van der Waals surface area contributed by atoms with Crippen LogP contribution in [0.1, 0.15) is 26.2 Å². The molecular formula is C22H24N2O7. The van der Waals surface area contributed by atoms with Gasteiger partial charge in [0.2, 0.25) is 11.8 Å². The van der Waals surface area contributed by atoms with Gasteiger partial charge in [0.15, 0.2) is 0 Å². The smallest absolute Gasteiger partial charge is 0.277 e. The lowest BCUT2D eigenvalue weighted by Crippen LogP contribution is -2.49. The van der Waals surface area contributed by atoms with Gasteiger partial charge in [-0.25, -0.2) is 4.90 Å². The molecule has 4 atom stereocenters. The number of imide groups is 1. The van der Waals surface area contributed by atoms with Gasteiger partial charge in [0.1, 0.15) is 5.60 Å². The number of hydrogen-bond donors (Lipinski definition) is 2. The van der Waals surface area contributed by atoms with Gasteiger partial charge in [-0.3, -0.25) is 19.7 Å². The van der Waals surface area contributed by atoms with Crippen LogP contribution in [0.15, 0.2) is 36.4 Å². The van der Waals surface area contributed by atoms with Crippen molar-refractivity contribution < 1.29 is 29.5 Å². The molecule has 164 valence electrons. The van der Waals surface area contributed by atoms with Crippen molar-refractivity contribution in [3.05, 3.63) is 46.5 Å². The van der Waals surface area contributed by atoms with Crippen molar-refractivity contribution in [1.29, 1.82) is 0 Å². The lowest BCUT2D eigenvalue weighted by Gasteiger charge is -2.34. The summed E-state index contributed by atoms with van der Waals surface area (Å²) in [5, 5.41) is 31.9. The van der Waals surface area contributed by atoms with Crippen molar-refractivity contribution >= 4 is 34.0 Å². The molecule has 0 radical (unpaired) electrons. The van der Waals surface area contributed by atoms with E-state index in [0.717, 1.165) is 4.90 Å². The molecule has 0 spiro atoms. The number of nitro benzene ring substituents is 1. The minimum absolute atomic E-state index is 0.00869. The van der Waals surface area contributed by atoms with Crippen LogP contribution in [0, 0.1) is 22.0 Å². The van der Waals surface area contributed by atoms with E-state index < -0.39 is 40.3 Å². The van der Waals surface area contributed by atoms with Crippen LogP contribution in [0.5, 0.6) is 0 Å². The Hall–Kier alpha value is -2.88. The topological polar surface area (TPSA) is 130 Å².